The lowest BCUT2D eigenvalue weighted by Gasteiger charge is -2.28. The average molecular weight is 304 g/mol. The van der Waals surface area contributed by atoms with Gasteiger partial charge in [-0.25, -0.2) is 4.79 Å². The minimum absolute atomic E-state index is 0.0167. The largest absolute Gasteiger partial charge is 0.340 e. The molecule has 2 aliphatic rings. The van der Waals surface area contributed by atoms with Gasteiger partial charge < -0.3 is 0 Å². The molecule has 4 rings (SSSR count). The second-order valence-electron chi connectivity index (χ2n) is 5.74. The molecule has 0 spiro atoms. The van der Waals surface area contributed by atoms with Crippen LogP contribution in [0.4, 0.5) is 10.5 Å². The Hall–Kier alpha value is -2.84. The number of fused-ring (bicyclic) bond motifs is 1. The minimum atomic E-state index is -0.153. The van der Waals surface area contributed by atoms with Crippen LogP contribution in [0.2, 0.25) is 0 Å². The molecular formula is C18H16N4O. The summed E-state index contributed by atoms with van der Waals surface area (Å²) >= 11 is 0. The van der Waals surface area contributed by atoms with Crippen molar-refractivity contribution in [3.05, 3.63) is 65.7 Å². The van der Waals surface area contributed by atoms with Crippen LogP contribution in [0, 0.1) is 11.3 Å². The van der Waals surface area contributed by atoms with Crippen LogP contribution >= 0.6 is 0 Å². The summed E-state index contributed by atoms with van der Waals surface area (Å²) in [6.45, 7) is 1.62. The molecule has 0 radical (unpaired) electrons. The topological polar surface area (TPSA) is 50.6 Å². The maximum absolute atomic E-state index is 12.9. The minimum Gasteiger partial charge on any atom is -0.271 e. The van der Waals surface area contributed by atoms with Crippen LogP contribution in [0.15, 0.2) is 54.6 Å². The second-order valence-corrected chi connectivity index (χ2v) is 5.74. The molecule has 2 aromatic carbocycles. The Balaban J connectivity index is 1.79. The van der Waals surface area contributed by atoms with Crippen molar-refractivity contribution in [2.45, 2.75) is 12.6 Å². The van der Waals surface area contributed by atoms with Crippen molar-refractivity contribution in [2.75, 3.05) is 18.0 Å². The van der Waals surface area contributed by atoms with E-state index in [4.69, 9.17) is 5.26 Å². The molecule has 2 fully saturated rings. The van der Waals surface area contributed by atoms with Gasteiger partial charge in [0.2, 0.25) is 0 Å². The Morgan fingerprint density at radius 1 is 1.00 bits per heavy atom. The van der Waals surface area contributed by atoms with Crippen molar-refractivity contribution in [1.29, 1.82) is 5.26 Å². The molecule has 2 saturated heterocycles. The van der Waals surface area contributed by atoms with Gasteiger partial charge in [0.05, 0.1) is 11.6 Å². The van der Waals surface area contributed by atoms with E-state index in [0.717, 1.165) is 30.8 Å². The molecule has 0 N–H and O–H groups in total. The second kappa shape index (κ2) is 5.41. The van der Waals surface area contributed by atoms with Gasteiger partial charge in [0.1, 0.15) is 6.17 Å². The molecule has 2 aliphatic heterocycles. The zero-order chi connectivity index (χ0) is 15.8. The first kappa shape index (κ1) is 13.8. The van der Waals surface area contributed by atoms with E-state index in [0.29, 0.717) is 5.56 Å². The molecule has 5 nitrogen and oxygen atoms in total. The van der Waals surface area contributed by atoms with E-state index in [1.807, 2.05) is 64.5 Å². The normalized spacial score (nSPS) is 20.7. The number of anilines is 1. The summed E-state index contributed by atoms with van der Waals surface area (Å²) in [6.07, 6.45) is 0.835. The Labute approximate surface area is 134 Å². The Morgan fingerprint density at radius 3 is 2.43 bits per heavy atom. The van der Waals surface area contributed by atoms with Crippen LogP contribution in [0.5, 0.6) is 0 Å². The number of urea groups is 1. The van der Waals surface area contributed by atoms with Crippen molar-refractivity contribution in [3.8, 4) is 6.07 Å². The van der Waals surface area contributed by atoms with Crippen molar-refractivity contribution >= 4 is 11.7 Å². The molecule has 2 aromatic rings. The molecule has 0 unspecified atom stereocenters. The third-order valence-corrected chi connectivity index (χ3v) is 4.39. The van der Waals surface area contributed by atoms with E-state index in [1.54, 1.807) is 0 Å². The summed E-state index contributed by atoms with van der Waals surface area (Å²) in [7, 11) is 0. The fourth-order valence-corrected chi connectivity index (χ4v) is 3.34. The predicted molar refractivity (Wildman–Crippen MR) is 86.2 cm³/mol. The van der Waals surface area contributed by atoms with Gasteiger partial charge in [-0.2, -0.15) is 10.3 Å². The van der Waals surface area contributed by atoms with Crippen LogP contribution in [0.3, 0.4) is 0 Å². The van der Waals surface area contributed by atoms with Crippen molar-refractivity contribution < 1.29 is 4.79 Å². The van der Waals surface area contributed by atoms with Gasteiger partial charge in [-0.05, 0) is 36.2 Å². The van der Waals surface area contributed by atoms with Crippen LogP contribution in [-0.2, 0) is 0 Å². The molecule has 0 saturated carbocycles. The lowest BCUT2D eigenvalue weighted by Crippen LogP contribution is -2.32. The van der Waals surface area contributed by atoms with E-state index in [2.05, 4.69) is 11.1 Å². The highest BCUT2D eigenvalue weighted by molar-refractivity contribution is 5.94. The van der Waals surface area contributed by atoms with Gasteiger partial charge in [-0.1, -0.05) is 30.3 Å². The smallest absolute Gasteiger partial charge is 0.271 e. The molecule has 114 valence electrons. The summed E-state index contributed by atoms with van der Waals surface area (Å²) in [5, 5.41) is 12.9. The number of benzene rings is 2. The number of rotatable bonds is 2. The number of hydrazine groups is 1. The maximum atomic E-state index is 12.9. The highest BCUT2D eigenvalue weighted by Gasteiger charge is 2.47. The van der Waals surface area contributed by atoms with Gasteiger partial charge in [-0.15, -0.1) is 0 Å². The maximum Gasteiger partial charge on any atom is 0.340 e. The first-order valence-electron chi connectivity index (χ1n) is 7.72. The van der Waals surface area contributed by atoms with E-state index >= 15 is 0 Å². The SMILES string of the molecule is N#Cc1ccc([C@H]2N(c3ccccc3)C(=O)N3CCCN23)cc1. The lowest BCUT2D eigenvalue weighted by molar-refractivity contribution is 0.0728. The van der Waals surface area contributed by atoms with Crippen LogP contribution in [0.25, 0.3) is 0 Å². The quantitative estimate of drug-likeness (QED) is 0.856. The summed E-state index contributed by atoms with van der Waals surface area (Å²) in [5.41, 5.74) is 2.54. The summed E-state index contributed by atoms with van der Waals surface area (Å²) < 4.78 is 0. The highest BCUT2D eigenvalue weighted by atomic mass is 16.2. The lowest BCUT2D eigenvalue weighted by atomic mass is 10.1. The van der Waals surface area contributed by atoms with E-state index in [9.17, 15) is 4.79 Å². The Morgan fingerprint density at radius 2 is 1.74 bits per heavy atom. The third kappa shape index (κ3) is 2.16. The van der Waals surface area contributed by atoms with Gasteiger partial charge in [0.15, 0.2) is 0 Å². The fraction of sp³-hybridized carbons (Fsp3) is 0.222. The molecule has 0 bridgehead atoms. The van der Waals surface area contributed by atoms with Crippen LogP contribution < -0.4 is 4.90 Å². The molecule has 0 aliphatic carbocycles. The highest BCUT2D eigenvalue weighted by Crippen LogP contribution is 2.40. The van der Waals surface area contributed by atoms with Crippen LogP contribution in [-0.4, -0.2) is 29.1 Å². The molecule has 23 heavy (non-hydrogen) atoms. The van der Waals surface area contributed by atoms with Crippen molar-refractivity contribution in [1.82, 2.24) is 10.0 Å². The Bertz CT molecular complexity index is 766. The molecule has 2 amide bonds. The number of nitriles is 1. The summed E-state index contributed by atoms with van der Waals surface area (Å²) in [5.74, 6) is 0. The number of carbonyl (C=O) groups excluding carboxylic acids is 1. The zero-order valence-electron chi connectivity index (χ0n) is 12.6. The zero-order valence-corrected chi connectivity index (χ0v) is 12.6. The van der Waals surface area contributed by atoms with Crippen molar-refractivity contribution in [3.63, 3.8) is 0 Å². The first-order chi connectivity index (χ1) is 11.3. The number of hydrogen-bond donors (Lipinski definition) is 0. The monoisotopic (exact) mass is 304 g/mol. The molecular weight excluding hydrogens is 288 g/mol. The van der Waals surface area contributed by atoms with E-state index < -0.39 is 0 Å². The number of amides is 2. The van der Waals surface area contributed by atoms with Gasteiger partial charge in [-0.3, -0.25) is 9.91 Å². The summed E-state index contributed by atoms with van der Waals surface area (Å²) in [6, 6.07) is 19.4. The number of para-hydroxylation sites is 1. The molecule has 2 heterocycles. The standard InChI is InChI=1S/C18H16N4O/c19-13-14-7-9-15(10-8-14)17-20-11-4-12-21(20)18(23)22(17)16-5-2-1-3-6-16/h1-3,5-10,17H,4,11-12H2/t17-/m1/s1. The average Bonchev–Trinajstić information content (AvgIpc) is 3.18. The van der Waals surface area contributed by atoms with Crippen molar-refractivity contribution in [2.24, 2.45) is 0 Å². The van der Waals surface area contributed by atoms with Gasteiger partial charge in [0, 0.05) is 18.8 Å². The van der Waals surface area contributed by atoms with Gasteiger partial charge in [0.25, 0.3) is 0 Å². The van der Waals surface area contributed by atoms with Gasteiger partial charge >= 0.3 is 6.03 Å². The third-order valence-electron chi connectivity index (χ3n) is 4.39. The van der Waals surface area contributed by atoms with E-state index in [-0.39, 0.29) is 12.2 Å². The fourth-order valence-electron chi connectivity index (χ4n) is 3.34. The number of carbonyl (C=O) groups is 1. The molecule has 5 heteroatoms. The van der Waals surface area contributed by atoms with E-state index in [1.165, 1.54) is 0 Å². The first-order valence-corrected chi connectivity index (χ1v) is 7.72. The van der Waals surface area contributed by atoms with Crippen LogP contribution in [0.1, 0.15) is 23.7 Å². The number of nitrogens with zero attached hydrogens (tertiary/aromatic N) is 4. The number of hydrogen-bond acceptors (Lipinski definition) is 3. The summed E-state index contributed by atoms with van der Waals surface area (Å²) in [4.78, 5) is 14.7. The molecule has 0 aromatic heterocycles. The Kier molecular flexibility index (Phi) is 3.25. The predicted octanol–water partition coefficient (Wildman–Crippen LogP) is 3.12. The molecule has 1 atom stereocenters.